The number of amides is 1. The number of halogens is 1. The van der Waals surface area contributed by atoms with Crippen LogP contribution in [0.4, 0.5) is 4.39 Å². The molecule has 1 amide bonds. The first kappa shape index (κ1) is 15.2. The van der Waals surface area contributed by atoms with E-state index in [9.17, 15) is 9.18 Å². The fourth-order valence-electron chi connectivity index (χ4n) is 2.35. The molecule has 0 radical (unpaired) electrons. The third kappa shape index (κ3) is 3.37. The summed E-state index contributed by atoms with van der Waals surface area (Å²) in [5, 5.41) is 2.71. The highest BCUT2D eigenvalue weighted by Gasteiger charge is 2.21. The van der Waals surface area contributed by atoms with Crippen LogP contribution in [0.5, 0.6) is 0 Å². The van der Waals surface area contributed by atoms with Crippen molar-refractivity contribution in [3.05, 3.63) is 76.7 Å². The maximum atomic E-state index is 13.0. The molecule has 0 saturated carbocycles. The van der Waals surface area contributed by atoms with Crippen molar-refractivity contribution >= 4 is 17.8 Å². The van der Waals surface area contributed by atoms with Crippen LogP contribution in [0.25, 0.3) is 6.08 Å². The van der Waals surface area contributed by atoms with E-state index >= 15 is 0 Å². The van der Waals surface area contributed by atoms with Crippen LogP contribution in [0.1, 0.15) is 36.5 Å². The zero-order valence-corrected chi connectivity index (χ0v) is 13.0. The molecule has 0 atom stereocenters. The summed E-state index contributed by atoms with van der Waals surface area (Å²) in [6.45, 7) is 4.27. The molecule has 1 heterocycles. The van der Waals surface area contributed by atoms with Gasteiger partial charge < -0.3 is 5.32 Å². The Bertz CT molecular complexity index is 787. The molecule has 1 aliphatic heterocycles. The molecule has 3 rings (SSSR count). The predicted octanol–water partition coefficient (Wildman–Crippen LogP) is 3.87. The highest BCUT2D eigenvalue weighted by Crippen LogP contribution is 2.18. The number of rotatable bonds is 3. The molecule has 116 valence electrons. The molecule has 2 aromatic carbocycles. The Balaban J connectivity index is 1.87. The van der Waals surface area contributed by atoms with Gasteiger partial charge in [-0.15, -0.1) is 0 Å². The van der Waals surface area contributed by atoms with Gasteiger partial charge in [0.05, 0.1) is 0 Å². The molecule has 0 aromatic heterocycles. The molecular formula is C19H17FN2O. The average molecular weight is 308 g/mol. The van der Waals surface area contributed by atoms with Gasteiger partial charge >= 0.3 is 0 Å². The molecule has 0 spiro atoms. The van der Waals surface area contributed by atoms with E-state index in [0.29, 0.717) is 23.0 Å². The van der Waals surface area contributed by atoms with Gasteiger partial charge in [0.1, 0.15) is 17.3 Å². The first-order valence-electron chi connectivity index (χ1n) is 7.50. The molecular weight excluding hydrogens is 291 g/mol. The Hall–Kier alpha value is -2.75. The van der Waals surface area contributed by atoms with Gasteiger partial charge in [0.25, 0.3) is 5.91 Å². The predicted molar refractivity (Wildman–Crippen MR) is 89.6 cm³/mol. The number of aliphatic imine (C=N–C) groups is 1. The summed E-state index contributed by atoms with van der Waals surface area (Å²) in [4.78, 5) is 16.4. The van der Waals surface area contributed by atoms with Crippen molar-refractivity contribution in [2.45, 2.75) is 19.8 Å². The first-order chi connectivity index (χ1) is 11.0. The van der Waals surface area contributed by atoms with E-state index in [0.717, 1.165) is 5.56 Å². The Morgan fingerprint density at radius 2 is 1.70 bits per heavy atom. The largest absolute Gasteiger partial charge is 0.305 e. The van der Waals surface area contributed by atoms with Gasteiger partial charge in [-0.3, -0.25) is 4.79 Å². The van der Waals surface area contributed by atoms with Gasteiger partial charge in [-0.2, -0.15) is 0 Å². The van der Waals surface area contributed by atoms with Gasteiger partial charge in [-0.25, -0.2) is 9.38 Å². The SMILES string of the molecule is CC(C)c1ccc(/C=C2/N=C(c3ccc(F)cc3)NC2=O)cc1. The highest BCUT2D eigenvalue weighted by atomic mass is 19.1. The standard InChI is InChI=1S/C19H17FN2O/c1-12(2)14-5-3-13(4-6-14)11-17-19(23)22-18(21-17)15-7-9-16(20)10-8-15/h3-12H,1-2H3,(H,21,22,23)/b17-11+. The molecule has 0 saturated heterocycles. The van der Waals surface area contributed by atoms with Crippen LogP contribution in [0.2, 0.25) is 0 Å². The van der Waals surface area contributed by atoms with E-state index in [4.69, 9.17) is 0 Å². The molecule has 3 nitrogen and oxygen atoms in total. The van der Waals surface area contributed by atoms with Crippen LogP contribution in [0, 0.1) is 5.82 Å². The van der Waals surface area contributed by atoms with Crippen molar-refractivity contribution in [1.29, 1.82) is 0 Å². The summed E-state index contributed by atoms with van der Waals surface area (Å²) in [5.74, 6) is 0.339. The minimum absolute atomic E-state index is 0.253. The van der Waals surface area contributed by atoms with E-state index in [1.54, 1.807) is 18.2 Å². The molecule has 4 heteroatoms. The zero-order valence-electron chi connectivity index (χ0n) is 13.0. The van der Waals surface area contributed by atoms with Crippen LogP contribution in [0.15, 0.2) is 59.2 Å². The van der Waals surface area contributed by atoms with Crippen molar-refractivity contribution in [2.24, 2.45) is 4.99 Å². The fraction of sp³-hybridized carbons (Fsp3) is 0.158. The highest BCUT2D eigenvalue weighted by molar-refractivity contribution is 6.19. The quantitative estimate of drug-likeness (QED) is 0.859. The van der Waals surface area contributed by atoms with Gasteiger partial charge in [-0.05, 0) is 47.4 Å². The molecule has 1 N–H and O–H groups in total. The third-order valence-electron chi connectivity index (χ3n) is 3.72. The van der Waals surface area contributed by atoms with E-state index in [2.05, 4.69) is 36.3 Å². The number of nitrogens with one attached hydrogen (secondary N) is 1. The number of nitrogens with zero attached hydrogens (tertiary/aromatic N) is 1. The van der Waals surface area contributed by atoms with E-state index in [1.165, 1.54) is 17.7 Å². The number of amidine groups is 1. The van der Waals surface area contributed by atoms with Crippen molar-refractivity contribution < 1.29 is 9.18 Å². The summed E-state index contributed by atoms with van der Waals surface area (Å²) in [6, 6.07) is 13.9. The first-order valence-corrected chi connectivity index (χ1v) is 7.50. The summed E-state index contributed by atoms with van der Waals surface area (Å²) >= 11 is 0. The summed E-state index contributed by atoms with van der Waals surface area (Å²) in [5.41, 5.74) is 3.20. The Kier molecular flexibility index (Phi) is 4.06. The number of hydrogen-bond acceptors (Lipinski definition) is 2. The second-order valence-electron chi connectivity index (χ2n) is 5.77. The molecule has 0 unspecified atom stereocenters. The Morgan fingerprint density at radius 1 is 1.04 bits per heavy atom. The molecule has 23 heavy (non-hydrogen) atoms. The van der Waals surface area contributed by atoms with Crippen molar-refractivity contribution in [1.82, 2.24) is 5.32 Å². The number of carbonyl (C=O) groups excluding carboxylic acids is 1. The lowest BCUT2D eigenvalue weighted by molar-refractivity contribution is -0.115. The van der Waals surface area contributed by atoms with Crippen LogP contribution >= 0.6 is 0 Å². The van der Waals surface area contributed by atoms with Crippen LogP contribution in [-0.2, 0) is 4.79 Å². The number of benzene rings is 2. The lowest BCUT2D eigenvalue weighted by Crippen LogP contribution is -2.24. The summed E-state index contributed by atoms with van der Waals surface area (Å²) in [6.07, 6.45) is 1.75. The lowest BCUT2D eigenvalue weighted by atomic mass is 10.0. The lowest BCUT2D eigenvalue weighted by Gasteiger charge is -2.04. The Labute approximate surface area is 134 Å². The topological polar surface area (TPSA) is 41.5 Å². The molecule has 0 fully saturated rings. The van der Waals surface area contributed by atoms with Crippen LogP contribution < -0.4 is 5.32 Å². The number of hydrogen-bond donors (Lipinski definition) is 1. The van der Waals surface area contributed by atoms with Crippen molar-refractivity contribution in [2.75, 3.05) is 0 Å². The normalized spacial score (nSPS) is 15.9. The smallest absolute Gasteiger partial charge is 0.275 e. The summed E-state index contributed by atoms with van der Waals surface area (Å²) < 4.78 is 13.0. The van der Waals surface area contributed by atoms with Gasteiger partial charge in [-0.1, -0.05) is 38.1 Å². The molecule has 0 aliphatic carbocycles. The second-order valence-corrected chi connectivity index (χ2v) is 5.77. The monoisotopic (exact) mass is 308 g/mol. The number of carbonyl (C=O) groups is 1. The van der Waals surface area contributed by atoms with Gasteiger partial charge in [0.15, 0.2) is 0 Å². The molecule has 1 aliphatic rings. The fourth-order valence-corrected chi connectivity index (χ4v) is 2.35. The van der Waals surface area contributed by atoms with Crippen molar-refractivity contribution in [3.8, 4) is 0 Å². The maximum absolute atomic E-state index is 13.0. The van der Waals surface area contributed by atoms with E-state index in [1.807, 2.05) is 12.1 Å². The third-order valence-corrected chi connectivity index (χ3v) is 3.72. The molecule has 0 bridgehead atoms. The second kappa shape index (κ2) is 6.16. The van der Waals surface area contributed by atoms with Gasteiger partial charge in [0, 0.05) is 5.56 Å². The van der Waals surface area contributed by atoms with Crippen molar-refractivity contribution in [3.63, 3.8) is 0 Å². The van der Waals surface area contributed by atoms with Crippen LogP contribution in [-0.4, -0.2) is 11.7 Å². The van der Waals surface area contributed by atoms with E-state index < -0.39 is 0 Å². The molecule has 2 aromatic rings. The summed E-state index contributed by atoms with van der Waals surface area (Å²) in [7, 11) is 0. The van der Waals surface area contributed by atoms with Crippen LogP contribution in [0.3, 0.4) is 0 Å². The van der Waals surface area contributed by atoms with Gasteiger partial charge in [0.2, 0.25) is 0 Å². The Morgan fingerprint density at radius 3 is 2.30 bits per heavy atom. The maximum Gasteiger partial charge on any atom is 0.275 e. The van der Waals surface area contributed by atoms with E-state index in [-0.39, 0.29) is 11.7 Å². The zero-order chi connectivity index (χ0) is 16.4. The average Bonchev–Trinajstić information content (AvgIpc) is 2.89. The minimum atomic E-state index is -0.320. The minimum Gasteiger partial charge on any atom is -0.305 e.